The van der Waals surface area contributed by atoms with Crippen molar-refractivity contribution in [3.8, 4) is 89.4 Å². The molecule has 0 saturated heterocycles. The lowest BCUT2D eigenvalue weighted by atomic mass is 9.33. The molecule has 0 amide bonds. The Hall–Kier alpha value is -13.7. The highest BCUT2D eigenvalue weighted by molar-refractivity contribution is 7.01. The number of anilines is 6. The quantitative estimate of drug-likeness (QED) is 0.101. The van der Waals surface area contributed by atoms with Gasteiger partial charge in [-0.25, -0.2) is 9.97 Å². The zero-order valence-electron chi connectivity index (χ0n) is 57.1. The van der Waals surface area contributed by atoms with E-state index in [9.17, 15) is 0 Å². The molecule has 22 rings (SSSR count). The lowest BCUT2D eigenvalue weighted by Crippen LogP contribution is -2.61. The van der Waals surface area contributed by atoms with Crippen LogP contribution in [0, 0.1) is 0 Å². The van der Waals surface area contributed by atoms with Crippen molar-refractivity contribution in [3.05, 3.63) is 370 Å². The maximum atomic E-state index is 6.03. The third kappa shape index (κ3) is 9.42. The van der Waals surface area contributed by atoms with Gasteiger partial charge in [0.1, 0.15) is 0 Å². The van der Waals surface area contributed by atoms with Crippen LogP contribution < -0.4 is 26.2 Å². The maximum Gasteiger partial charge on any atom is 0.252 e. The van der Waals surface area contributed by atoms with Crippen LogP contribution in [0.4, 0.5) is 34.1 Å². The lowest BCUT2D eigenvalue weighted by Gasteiger charge is -2.45. The van der Waals surface area contributed by atoms with E-state index >= 15 is 0 Å². The molecule has 105 heavy (non-hydrogen) atoms. The van der Waals surface area contributed by atoms with Gasteiger partial charge in [0.2, 0.25) is 0 Å². The molecule has 0 fully saturated rings. The van der Waals surface area contributed by atoms with E-state index in [2.05, 4.69) is 380 Å². The Morgan fingerprint density at radius 2 is 0.552 bits per heavy atom. The van der Waals surface area contributed by atoms with Gasteiger partial charge in [0.15, 0.2) is 5.82 Å². The SMILES string of the molecule is c1ccc(-c2cc(-c3ccccc3)cc(-c3nc(-c4cc5c6c(c4)N(c4cc(-c7ccccc7)cc(-c7ccccc7)c4)c4c(cc7ccc8cccc9ccc4c7c89)B6c4cc6ccc7cccc8ccc(c4N5c4cc(-c5ccccc5)cc(-c5ccccc5)c4)c6c78)c4ccccc4n3)c2)cc1. The molecule has 0 unspecified atom stereocenters. The first-order valence-electron chi connectivity index (χ1n) is 36.3. The smallest absolute Gasteiger partial charge is 0.252 e. The Morgan fingerprint density at radius 1 is 0.219 bits per heavy atom. The van der Waals surface area contributed by atoms with E-state index in [1.165, 1.54) is 81.0 Å². The number of rotatable bonds is 10. The minimum absolute atomic E-state index is 0.281. The molecule has 19 aromatic carbocycles. The van der Waals surface area contributed by atoms with Crippen LogP contribution in [0.3, 0.4) is 0 Å². The van der Waals surface area contributed by atoms with Crippen molar-refractivity contribution in [2.24, 2.45) is 0 Å². The summed E-state index contributed by atoms with van der Waals surface area (Å²) in [5, 5.41) is 15.7. The molecule has 4 nitrogen and oxygen atoms in total. The summed E-state index contributed by atoms with van der Waals surface area (Å²) in [6.45, 7) is -0.281. The van der Waals surface area contributed by atoms with Crippen LogP contribution in [0.2, 0.25) is 0 Å². The van der Waals surface area contributed by atoms with E-state index in [0.717, 1.165) is 129 Å². The Bertz CT molecular complexity index is 6370. The molecule has 2 aliphatic heterocycles. The highest BCUT2D eigenvalue weighted by Gasteiger charge is 2.46. The van der Waals surface area contributed by atoms with E-state index < -0.39 is 0 Å². The van der Waals surface area contributed by atoms with Crippen molar-refractivity contribution >= 4 is 133 Å². The van der Waals surface area contributed by atoms with Crippen LogP contribution in [0.1, 0.15) is 0 Å². The second-order valence-electron chi connectivity index (χ2n) is 28.3. The largest absolute Gasteiger partial charge is 0.311 e. The van der Waals surface area contributed by atoms with Crippen molar-refractivity contribution in [2.75, 3.05) is 9.80 Å². The fourth-order valence-electron chi connectivity index (χ4n) is 17.7. The second kappa shape index (κ2) is 23.4. The van der Waals surface area contributed by atoms with Crippen LogP contribution in [-0.2, 0) is 0 Å². The molecule has 0 radical (unpaired) electrons. The molecular weight excluding hydrogens is 1270 g/mol. The first-order valence-corrected chi connectivity index (χ1v) is 36.3. The highest BCUT2D eigenvalue weighted by Crippen LogP contribution is 2.54. The minimum Gasteiger partial charge on any atom is -0.311 e. The van der Waals surface area contributed by atoms with Gasteiger partial charge in [0.25, 0.3) is 6.71 Å². The Balaban J connectivity index is 0.923. The van der Waals surface area contributed by atoms with Gasteiger partial charge in [0.05, 0.1) is 11.2 Å². The molecule has 0 atom stereocenters. The fourth-order valence-corrected chi connectivity index (χ4v) is 17.7. The van der Waals surface area contributed by atoms with Crippen molar-refractivity contribution in [3.63, 3.8) is 0 Å². The normalized spacial score (nSPS) is 12.5. The predicted octanol–water partition coefficient (Wildman–Crippen LogP) is 24.8. The van der Waals surface area contributed by atoms with Gasteiger partial charge in [-0.1, -0.05) is 297 Å². The minimum atomic E-state index is -0.281. The van der Waals surface area contributed by atoms with Crippen molar-refractivity contribution in [1.29, 1.82) is 0 Å². The monoisotopic (exact) mass is 1330 g/mol. The zero-order chi connectivity index (χ0) is 68.8. The predicted molar refractivity (Wildman–Crippen MR) is 444 cm³/mol. The van der Waals surface area contributed by atoms with E-state index in [0.29, 0.717) is 5.82 Å². The first-order chi connectivity index (χ1) is 52.0. The van der Waals surface area contributed by atoms with Crippen LogP contribution in [0.5, 0.6) is 0 Å². The fraction of sp³-hybridized carbons (Fsp3) is 0. The third-order valence-corrected chi connectivity index (χ3v) is 22.3. The van der Waals surface area contributed by atoms with Crippen LogP contribution >= 0.6 is 0 Å². The molecule has 2 aliphatic rings. The third-order valence-electron chi connectivity index (χ3n) is 22.3. The number of aromatic nitrogens is 2. The van der Waals surface area contributed by atoms with Gasteiger partial charge in [-0.2, -0.15) is 0 Å². The Kier molecular flexibility index (Phi) is 13.2. The second-order valence-corrected chi connectivity index (χ2v) is 28.3. The molecule has 3 heterocycles. The lowest BCUT2D eigenvalue weighted by molar-refractivity contribution is 1.22. The summed E-state index contributed by atoms with van der Waals surface area (Å²) in [7, 11) is 0. The molecule has 0 aliphatic carbocycles. The molecule has 484 valence electrons. The zero-order valence-corrected chi connectivity index (χ0v) is 57.1. The van der Waals surface area contributed by atoms with Crippen molar-refractivity contribution in [1.82, 2.24) is 9.97 Å². The van der Waals surface area contributed by atoms with Gasteiger partial charge in [-0.05, 0) is 210 Å². The molecule has 5 heteroatoms. The van der Waals surface area contributed by atoms with E-state index in [4.69, 9.17) is 9.97 Å². The molecule has 20 aromatic rings. The maximum absolute atomic E-state index is 6.03. The number of nitrogens with zero attached hydrogens (tertiary/aromatic N) is 4. The number of hydrogen-bond acceptors (Lipinski definition) is 4. The van der Waals surface area contributed by atoms with Crippen LogP contribution in [0.25, 0.3) is 165 Å². The highest BCUT2D eigenvalue weighted by atomic mass is 15.2. The molecule has 0 N–H and O–H groups in total. The first kappa shape index (κ1) is 59.0. The van der Waals surface area contributed by atoms with E-state index in [1.54, 1.807) is 0 Å². The van der Waals surface area contributed by atoms with Crippen molar-refractivity contribution in [2.45, 2.75) is 0 Å². The van der Waals surface area contributed by atoms with Gasteiger partial charge < -0.3 is 9.80 Å². The summed E-state index contributed by atoms with van der Waals surface area (Å²) < 4.78 is 0. The standard InChI is InChI=1S/C100H61BN4/c1-7-23-62(24-8-1)74-49-75(63-25-9-2-10-26-63)53-81(52-74)100-102-89-40-20-19-39-84(89)97(103-100)80-60-90-96-91(61-80)105(83-56-78(66-31-15-5-16-32-66)51-79(57-83)67-33-17-6-18-34-67)99-86-48-46-71-38-22-36-69-42-44-73(95(86)93(69)71)59-88(99)101(96)87-58-72-43-41-68-35-21-37-70-45-47-85(94(72)92(68)70)98(87)104(90)82-54-76(64-27-11-3-12-28-64)50-77(55-82)65-29-13-4-14-30-65/h1-61H. The van der Waals surface area contributed by atoms with Gasteiger partial charge in [-0.3, -0.25) is 0 Å². The Labute approximate surface area is 608 Å². The molecule has 0 spiro atoms. The Morgan fingerprint density at radius 3 is 0.943 bits per heavy atom. The molecule has 1 aromatic heterocycles. The topological polar surface area (TPSA) is 32.3 Å². The van der Waals surface area contributed by atoms with Crippen LogP contribution in [-0.4, -0.2) is 16.7 Å². The van der Waals surface area contributed by atoms with Crippen molar-refractivity contribution < 1.29 is 0 Å². The average Bonchev–Trinajstić information content (AvgIpc) is 0.675. The number of fused-ring (bicyclic) bond motifs is 7. The van der Waals surface area contributed by atoms with Gasteiger partial charge in [-0.15, -0.1) is 0 Å². The van der Waals surface area contributed by atoms with E-state index in [-0.39, 0.29) is 6.71 Å². The summed E-state index contributed by atoms with van der Waals surface area (Å²) in [6.07, 6.45) is 0. The number of hydrogen-bond donors (Lipinski definition) is 0. The summed E-state index contributed by atoms with van der Waals surface area (Å²) in [6, 6.07) is 138. The van der Waals surface area contributed by atoms with E-state index in [1.807, 2.05) is 0 Å². The summed E-state index contributed by atoms with van der Waals surface area (Å²) in [4.78, 5) is 17.0. The summed E-state index contributed by atoms with van der Waals surface area (Å²) in [5.74, 6) is 0.644. The number of para-hydroxylation sites is 1. The van der Waals surface area contributed by atoms with Gasteiger partial charge in [0, 0.05) is 61.4 Å². The number of benzene rings is 19. The molecule has 0 saturated carbocycles. The van der Waals surface area contributed by atoms with Crippen LogP contribution in [0.15, 0.2) is 370 Å². The average molecular weight is 1330 g/mol. The molecular formula is C100H61BN4. The summed E-state index contributed by atoms with van der Waals surface area (Å²) >= 11 is 0. The van der Waals surface area contributed by atoms with Gasteiger partial charge >= 0.3 is 0 Å². The summed E-state index contributed by atoms with van der Waals surface area (Å²) in [5.41, 5.74) is 27.3. The molecule has 0 bridgehead atoms.